The van der Waals surface area contributed by atoms with Crippen LogP contribution in [0.15, 0.2) is 0 Å². The van der Waals surface area contributed by atoms with Gasteiger partial charge in [0.15, 0.2) is 0 Å². The lowest BCUT2D eigenvalue weighted by Gasteiger charge is -2.56. The molecule has 156 valence electrons. The molecular weight excluding hydrogens is 362 g/mol. The van der Waals surface area contributed by atoms with Crippen molar-refractivity contribution in [3.63, 3.8) is 0 Å². The molecule has 2 saturated heterocycles. The van der Waals surface area contributed by atoms with E-state index in [9.17, 15) is 14.4 Å². The van der Waals surface area contributed by atoms with E-state index in [1.807, 2.05) is 4.90 Å². The molecule has 28 heavy (non-hydrogen) atoms. The van der Waals surface area contributed by atoms with Crippen LogP contribution < -0.4 is 0 Å². The van der Waals surface area contributed by atoms with Crippen molar-refractivity contribution >= 4 is 17.8 Å². The molecule has 0 aromatic carbocycles. The predicted molar refractivity (Wildman–Crippen MR) is 99.0 cm³/mol. The molecule has 5 atom stereocenters. The second kappa shape index (κ2) is 7.01. The quantitative estimate of drug-likeness (QED) is 0.671. The van der Waals surface area contributed by atoms with Crippen molar-refractivity contribution in [2.45, 2.75) is 95.7 Å². The minimum Gasteiger partial charge on any atom is -0.459 e. The molecule has 1 unspecified atom stereocenters. The molecule has 4 rings (SSSR count). The van der Waals surface area contributed by atoms with E-state index in [0.29, 0.717) is 6.54 Å². The molecule has 0 aromatic heterocycles. The molecule has 1 amide bonds. The Bertz CT molecular complexity index is 670. The zero-order valence-corrected chi connectivity index (χ0v) is 17.1. The molecule has 0 N–H and O–H groups in total. The van der Waals surface area contributed by atoms with Gasteiger partial charge >= 0.3 is 11.9 Å². The third-order valence-electron chi connectivity index (χ3n) is 7.40. The van der Waals surface area contributed by atoms with Gasteiger partial charge < -0.3 is 19.1 Å². The highest BCUT2D eigenvalue weighted by molar-refractivity contribution is 5.75. The Balaban J connectivity index is 1.68. The average molecular weight is 393 g/mol. The van der Waals surface area contributed by atoms with E-state index in [4.69, 9.17) is 14.2 Å². The number of piperidine rings is 1. The summed E-state index contributed by atoms with van der Waals surface area (Å²) in [7, 11) is 0. The number of likely N-dealkylation sites (tertiary alicyclic amines) is 1. The van der Waals surface area contributed by atoms with Crippen LogP contribution in [0.5, 0.6) is 0 Å². The van der Waals surface area contributed by atoms with Crippen molar-refractivity contribution in [1.29, 1.82) is 0 Å². The topological polar surface area (TPSA) is 82.1 Å². The summed E-state index contributed by atoms with van der Waals surface area (Å²) in [4.78, 5) is 38.0. The zero-order valence-electron chi connectivity index (χ0n) is 17.1. The van der Waals surface area contributed by atoms with Crippen molar-refractivity contribution in [1.82, 2.24) is 4.90 Å². The summed E-state index contributed by atoms with van der Waals surface area (Å²) in [6.45, 7) is 4.77. The number of carbonyl (C=O) groups is 3. The molecule has 2 aliphatic carbocycles. The van der Waals surface area contributed by atoms with Crippen LogP contribution in [0.25, 0.3) is 0 Å². The first kappa shape index (κ1) is 19.7. The Kier molecular flexibility index (Phi) is 4.92. The number of esters is 2. The molecule has 2 bridgehead atoms. The minimum absolute atomic E-state index is 0.0410. The minimum atomic E-state index is -0.778. The van der Waals surface area contributed by atoms with E-state index in [-0.39, 0.29) is 29.3 Å². The normalized spacial score (nSPS) is 38.6. The van der Waals surface area contributed by atoms with Crippen molar-refractivity contribution in [3.8, 4) is 0 Å². The fourth-order valence-electron chi connectivity index (χ4n) is 6.41. The summed E-state index contributed by atoms with van der Waals surface area (Å²) in [6, 6.07) is 0. The van der Waals surface area contributed by atoms with E-state index in [0.717, 1.165) is 38.5 Å². The second-order valence-electron chi connectivity index (χ2n) is 9.12. The Morgan fingerprint density at radius 3 is 2.18 bits per heavy atom. The van der Waals surface area contributed by atoms with Crippen LogP contribution in [0.1, 0.15) is 72.1 Å². The standard InChI is InChI=1S/C21H31NO6/c1-13(23)22-12-21-16(11-20(22)8-6-4-5-7-9-20)10-17(18(21)26-14(2)24)19(28-21)27-15(3)25/h16-19H,4-12H2,1-3H3/t16-,17-,18?,19-,21+/m1/s1. The van der Waals surface area contributed by atoms with Gasteiger partial charge in [0.2, 0.25) is 12.2 Å². The van der Waals surface area contributed by atoms with Gasteiger partial charge in [-0.1, -0.05) is 25.7 Å². The highest BCUT2D eigenvalue weighted by Crippen LogP contribution is 2.60. The SMILES string of the molecule is CC(=O)OC1[C@H]2C[C@@H]3CC4(CCCCCC4)N(C(C)=O)C[C@@]13O[C@H]2OC(C)=O. The van der Waals surface area contributed by atoms with Gasteiger partial charge in [0.25, 0.3) is 0 Å². The molecule has 7 heteroatoms. The first-order chi connectivity index (χ1) is 13.3. The predicted octanol–water partition coefficient (Wildman–Crippen LogP) is 2.56. The number of carbonyl (C=O) groups excluding carboxylic acids is 3. The van der Waals surface area contributed by atoms with Gasteiger partial charge in [0.05, 0.1) is 12.5 Å². The Labute approximate surface area is 166 Å². The van der Waals surface area contributed by atoms with Gasteiger partial charge in [-0.15, -0.1) is 0 Å². The van der Waals surface area contributed by atoms with E-state index in [2.05, 4.69) is 0 Å². The second-order valence-corrected chi connectivity index (χ2v) is 9.12. The number of ether oxygens (including phenoxy) is 3. The van der Waals surface area contributed by atoms with Crippen LogP contribution in [-0.2, 0) is 28.6 Å². The van der Waals surface area contributed by atoms with Crippen LogP contribution in [0, 0.1) is 11.8 Å². The molecule has 7 nitrogen and oxygen atoms in total. The van der Waals surface area contributed by atoms with Crippen molar-refractivity contribution in [3.05, 3.63) is 0 Å². The number of nitrogens with zero attached hydrogens (tertiary/aromatic N) is 1. The van der Waals surface area contributed by atoms with E-state index < -0.39 is 24.0 Å². The van der Waals surface area contributed by atoms with Crippen molar-refractivity contribution in [2.75, 3.05) is 6.54 Å². The summed E-state index contributed by atoms with van der Waals surface area (Å²) in [6.07, 6.45) is 7.22. The fourth-order valence-corrected chi connectivity index (χ4v) is 6.41. The van der Waals surface area contributed by atoms with Crippen LogP contribution in [0.3, 0.4) is 0 Å². The van der Waals surface area contributed by atoms with Gasteiger partial charge in [-0.05, 0) is 31.6 Å². The summed E-state index contributed by atoms with van der Waals surface area (Å²) < 4.78 is 17.4. The Morgan fingerprint density at radius 2 is 1.61 bits per heavy atom. The number of hydrogen-bond donors (Lipinski definition) is 0. The summed E-state index contributed by atoms with van der Waals surface area (Å²) in [5, 5.41) is 0. The number of amides is 1. The molecule has 0 radical (unpaired) electrons. The first-order valence-corrected chi connectivity index (χ1v) is 10.6. The average Bonchev–Trinajstić information content (AvgIpc) is 2.90. The van der Waals surface area contributed by atoms with Gasteiger partial charge in [-0.2, -0.15) is 0 Å². The van der Waals surface area contributed by atoms with Gasteiger partial charge in [0.1, 0.15) is 11.7 Å². The fraction of sp³-hybridized carbons (Fsp3) is 0.857. The summed E-state index contributed by atoms with van der Waals surface area (Å²) in [5.74, 6) is -0.716. The van der Waals surface area contributed by atoms with Crippen LogP contribution in [0.4, 0.5) is 0 Å². The molecule has 4 aliphatic rings. The van der Waals surface area contributed by atoms with Gasteiger partial charge in [-0.25, -0.2) is 0 Å². The monoisotopic (exact) mass is 393 g/mol. The van der Waals surface area contributed by atoms with E-state index >= 15 is 0 Å². The first-order valence-electron chi connectivity index (χ1n) is 10.6. The maximum atomic E-state index is 12.7. The van der Waals surface area contributed by atoms with Crippen molar-refractivity contribution < 1.29 is 28.6 Å². The van der Waals surface area contributed by atoms with Crippen LogP contribution in [0.2, 0.25) is 0 Å². The van der Waals surface area contributed by atoms with E-state index in [1.54, 1.807) is 6.92 Å². The maximum Gasteiger partial charge on any atom is 0.304 e. The third-order valence-corrected chi connectivity index (χ3v) is 7.40. The summed E-state index contributed by atoms with van der Waals surface area (Å²) >= 11 is 0. The molecule has 4 fully saturated rings. The molecule has 2 spiro atoms. The van der Waals surface area contributed by atoms with E-state index in [1.165, 1.54) is 26.7 Å². The van der Waals surface area contributed by atoms with Gasteiger partial charge in [-0.3, -0.25) is 14.4 Å². The number of fused-ring (bicyclic) bond motifs is 1. The lowest BCUT2D eigenvalue weighted by Crippen LogP contribution is -2.67. The largest absolute Gasteiger partial charge is 0.459 e. The highest BCUT2D eigenvalue weighted by atomic mass is 16.7. The molecular formula is C21H31NO6. The third kappa shape index (κ3) is 3.02. The smallest absolute Gasteiger partial charge is 0.304 e. The van der Waals surface area contributed by atoms with Crippen LogP contribution >= 0.6 is 0 Å². The molecule has 2 heterocycles. The number of hydrogen-bond acceptors (Lipinski definition) is 6. The van der Waals surface area contributed by atoms with Crippen LogP contribution in [-0.4, -0.2) is 52.8 Å². The zero-order chi connectivity index (χ0) is 20.1. The Morgan fingerprint density at radius 1 is 0.964 bits per heavy atom. The molecule has 2 saturated carbocycles. The highest BCUT2D eigenvalue weighted by Gasteiger charge is 2.71. The number of rotatable bonds is 2. The molecule has 2 aliphatic heterocycles. The van der Waals surface area contributed by atoms with Gasteiger partial charge in [0, 0.05) is 26.3 Å². The van der Waals surface area contributed by atoms with Crippen molar-refractivity contribution in [2.24, 2.45) is 11.8 Å². The molecule has 0 aromatic rings. The maximum absolute atomic E-state index is 12.7. The summed E-state index contributed by atoms with van der Waals surface area (Å²) in [5.41, 5.74) is -0.899. The lowest BCUT2D eigenvalue weighted by atomic mass is 9.69. The lowest BCUT2D eigenvalue weighted by molar-refractivity contribution is -0.243. The Hall–Kier alpha value is -1.63.